The number of aromatic nitrogens is 1. The lowest BCUT2D eigenvalue weighted by atomic mass is 10.1. The highest BCUT2D eigenvalue weighted by Gasteiger charge is 2.38. The van der Waals surface area contributed by atoms with E-state index < -0.39 is 29.4 Å². The van der Waals surface area contributed by atoms with Gasteiger partial charge in [-0.1, -0.05) is 0 Å². The van der Waals surface area contributed by atoms with Crippen LogP contribution in [-0.2, 0) is 6.18 Å². The lowest BCUT2D eigenvalue weighted by Gasteiger charge is -2.13. The molecule has 0 saturated heterocycles. The molecule has 0 aliphatic carbocycles. The van der Waals surface area contributed by atoms with E-state index in [-0.39, 0.29) is 0 Å². The lowest BCUT2D eigenvalue weighted by Crippen LogP contribution is -2.13. The zero-order valence-electron chi connectivity index (χ0n) is 6.65. The minimum Gasteiger partial charge on any atom is -0.397 e. The second-order valence-electron chi connectivity index (χ2n) is 2.49. The van der Waals surface area contributed by atoms with Crippen LogP contribution in [0.25, 0.3) is 0 Å². The maximum atomic E-state index is 12.2. The molecule has 2 nitrogen and oxygen atoms in total. The van der Waals surface area contributed by atoms with Crippen LogP contribution in [0.5, 0.6) is 0 Å². The first-order chi connectivity index (χ1) is 6.34. The van der Waals surface area contributed by atoms with Crippen LogP contribution >= 0.6 is 0 Å². The van der Waals surface area contributed by atoms with E-state index in [4.69, 9.17) is 5.73 Å². The first kappa shape index (κ1) is 10.7. The van der Waals surface area contributed by atoms with Crippen molar-refractivity contribution in [2.45, 2.75) is 12.6 Å². The van der Waals surface area contributed by atoms with Crippen molar-refractivity contribution in [1.82, 2.24) is 4.98 Å². The molecule has 0 saturated carbocycles. The monoisotopic (exact) mass is 212 g/mol. The van der Waals surface area contributed by atoms with E-state index >= 15 is 0 Å². The van der Waals surface area contributed by atoms with Crippen molar-refractivity contribution in [2.75, 3.05) is 5.73 Å². The van der Waals surface area contributed by atoms with Crippen LogP contribution in [0.2, 0.25) is 0 Å². The summed E-state index contributed by atoms with van der Waals surface area (Å²) in [6.07, 6.45) is -6.99. The molecule has 0 atom stereocenters. The first-order valence-corrected chi connectivity index (χ1v) is 3.42. The molecule has 0 aliphatic heterocycles. The molecule has 0 spiro atoms. The number of nitrogens with zero attached hydrogens (tertiary/aromatic N) is 1. The average Bonchev–Trinajstić information content (AvgIpc) is 2.01. The van der Waals surface area contributed by atoms with Crippen LogP contribution in [0.1, 0.15) is 17.6 Å². The molecule has 0 unspecified atom stereocenters. The second-order valence-corrected chi connectivity index (χ2v) is 2.49. The highest BCUT2D eigenvalue weighted by atomic mass is 19.4. The van der Waals surface area contributed by atoms with E-state index in [2.05, 4.69) is 4.98 Å². The Morgan fingerprint density at radius 2 is 1.79 bits per heavy atom. The number of rotatable bonds is 1. The van der Waals surface area contributed by atoms with Crippen molar-refractivity contribution < 1.29 is 22.0 Å². The van der Waals surface area contributed by atoms with Crippen LogP contribution in [-0.4, -0.2) is 4.98 Å². The zero-order valence-corrected chi connectivity index (χ0v) is 6.65. The summed E-state index contributed by atoms with van der Waals surface area (Å²) in [5.74, 6) is 0. The molecule has 2 N–H and O–H groups in total. The fraction of sp³-hybridized carbons (Fsp3) is 0.286. The number of nitrogens with two attached hydrogens (primary N) is 1. The van der Waals surface area contributed by atoms with E-state index in [9.17, 15) is 22.0 Å². The van der Waals surface area contributed by atoms with Crippen LogP contribution < -0.4 is 5.73 Å². The number of halogens is 5. The molecule has 1 aromatic heterocycles. The van der Waals surface area contributed by atoms with Crippen LogP contribution in [0.15, 0.2) is 12.4 Å². The summed E-state index contributed by atoms with van der Waals surface area (Å²) in [4.78, 5) is 3.17. The van der Waals surface area contributed by atoms with Gasteiger partial charge in [-0.2, -0.15) is 13.2 Å². The van der Waals surface area contributed by atoms with Gasteiger partial charge in [-0.25, -0.2) is 8.78 Å². The number of hydrogen-bond donors (Lipinski definition) is 1. The Morgan fingerprint density at radius 3 is 2.14 bits per heavy atom. The largest absolute Gasteiger partial charge is 0.418 e. The predicted molar refractivity (Wildman–Crippen MR) is 38.6 cm³/mol. The molecule has 78 valence electrons. The summed E-state index contributed by atoms with van der Waals surface area (Å²) < 4.78 is 61.0. The summed E-state index contributed by atoms with van der Waals surface area (Å²) in [5, 5.41) is 0. The van der Waals surface area contributed by atoms with Gasteiger partial charge in [0.15, 0.2) is 0 Å². The van der Waals surface area contributed by atoms with Gasteiger partial charge in [-0.15, -0.1) is 0 Å². The van der Waals surface area contributed by atoms with Crippen molar-refractivity contribution in [3.63, 3.8) is 0 Å². The minimum absolute atomic E-state index is 0.462. The summed E-state index contributed by atoms with van der Waals surface area (Å²) in [6, 6.07) is 0. The van der Waals surface area contributed by atoms with Crippen molar-refractivity contribution in [3.05, 3.63) is 23.5 Å². The van der Waals surface area contributed by atoms with E-state index in [0.29, 0.717) is 12.4 Å². The maximum Gasteiger partial charge on any atom is 0.418 e. The third-order valence-corrected chi connectivity index (χ3v) is 1.52. The highest BCUT2D eigenvalue weighted by Crippen LogP contribution is 2.38. The lowest BCUT2D eigenvalue weighted by molar-refractivity contribution is -0.138. The third kappa shape index (κ3) is 1.91. The SMILES string of the molecule is Nc1cncc(C(F)F)c1C(F)(F)F. The zero-order chi connectivity index (χ0) is 10.9. The standard InChI is InChI=1S/C7H5F5N2/c8-6(9)3-1-14-2-4(13)5(3)7(10,11)12/h1-2,6H,13H2. The van der Waals surface area contributed by atoms with Crippen LogP contribution in [0, 0.1) is 0 Å². The van der Waals surface area contributed by atoms with Gasteiger partial charge in [0.1, 0.15) is 0 Å². The molecular weight excluding hydrogens is 207 g/mol. The predicted octanol–water partition coefficient (Wildman–Crippen LogP) is 2.62. The summed E-state index contributed by atoms with van der Waals surface area (Å²) >= 11 is 0. The van der Waals surface area contributed by atoms with E-state index in [1.54, 1.807) is 0 Å². The fourth-order valence-electron chi connectivity index (χ4n) is 0.986. The third-order valence-electron chi connectivity index (χ3n) is 1.52. The van der Waals surface area contributed by atoms with Crippen molar-refractivity contribution >= 4 is 5.69 Å². The number of pyridine rings is 1. The topological polar surface area (TPSA) is 38.9 Å². The Hall–Kier alpha value is -1.40. The maximum absolute atomic E-state index is 12.2. The number of anilines is 1. The second kappa shape index (κ2) is 3.39. The Kier molecular flexibility index (Phi) is 2.59. The van der Waals surface area contributed by atoms with Crippen LogP contribution in [0.3, 0.4) is 0 Å². The van der Waals surface area contributed by atoms with E-state index in [1.165, 1.54) is 0 Å². The van der Waals surface area contributed by atoms with Gasteiger partial charge in [-0.3, -0.25) is 4.98 Å². The van der Waals surface area contributed by atoms with Crippen molar-refractivity contribution in [1.29, 1.82) is 0 Å². The molecular formula is C7H5F5N2. The Balaban J connectivity index is 3.38. The molecule has 0 radical (unpaired) electrons. The van der Waals surface area contributed by atoms with Gasteiger partial charge in [-0.05, 0) is 0 Å². The van der Waals surface area contributed by atoms with Crippen molar-refractivity contribution in [2.24, 2.45) is 0 Å². The van der Waals surface area contributed by atoms with Gasteiger partial charge in [0, 0.05) is 6.20 Å². The normalized spacial score (nSPS) is 12.1. The van der Waals surface area contributed by atoms with Gasteiger partial charge in [0.05, 0.1) is 23.0 Å². The average molecular weight is 212 g/mol. The van der Waals surface area contributed by atoms with Gasteiger partial charge in [0.25, 0.3) is 6.43 Å². The van der Waals surface area contributed by atoms with E-state index in [1.807, 2.05) is 0 Å². The molecule has 14 heavy (non-hydrogen) atoms. The molecule has 7 heteroatoms. The smallest absolute Gasteiger partial charge is 0.397 e. The van der Waals surface area contributed by atoms with E-state index in [0.717, 1.165) is 0 Å². The number of alkyl halides is 5. The fourth-order valence-corrected chi connectivity index (χ4v) is 0.986. The summed E-state index contributed by atoms with van der Waals surface area (Å²) in [6.45, 7) is 0. The van der Waals surface area contributed by atoms with Crippen LogP contribution in [0.4, 0.5) is 27.6 Å². The summed E-state index contributed by atoms with van der Waals surface area (Å²) in [7, 11) is 0. The van der Waals surface area contributed by atoms with Crippen molar-refractivity contribution in [3.8, 4) is 0 Å². The Labute approximate surface area is 75.5 Å². The molecule has 0 aliphatic rings. The minimum atomic E-state index is -4.89. The molecule has 1 rings (SSSR count). The Morgan fingerprint density at radius 1 is 1.21 bits per heavy atom. The quantitative estimate of drug-likeness (QED) is 0.726. The van der Waals surface area contributed by atoms with Gasteiger partial charge >= 0.3 is 6.18 Å². The summed E-state index contributed by atoms with van der Waals surface area (Å²) in [5.41, 5.74) is 1.43. The molecule has 0 amide bonds. The molecule has 1 aromatic rings. The number of hydrogen-bond acceptors (Lipinski definition) is 2. The first-order valence-electron chi connectivity index (χ1n) is 3.42. The van der Waals surface area contributed by atoms with Gasteiger partial charge < -0.3 is 5.73 Å². The Bertz CT molecular complexity index is 333. The number of nitrogen functional groups attached to an aromatic ring is 1. The molecule has 0 aromatic carbocycles. The van der Waals surface area contributed by atoms with Gasteiger partial charge in [0.2, 0.25) is 0 Å². The highest BCUT2D eigenvalue weighted by molar-refractivity contribution is 5.50. The molecule has 0 bridgehead atoms. The molecule has 0 fully saturated rings. The molecule has 1 heterocycles.